The average Bonchev–Trinajstić information content (AvgIpc) is 3.30. The zero-order valence-electron chi connectivity index (χ0n) is 15.2. The minimum atomic E-state index is -0.449. The van der Waals surface area contributed by atoms with E-state index in [4.69, 9.17) is 13.7 Å². The van der Waals surface area contributed by atoms with Crippen LogP contribution in [0.2, 0.25) is 0 Å². The number of rotatable bonds is 4. The molecule has 1 N–H and O–H groups in total. The Labute approximate surface area is 156 Å². The van der Waals surface area contributed by atoms with Crippen molar-refractivity contribution in [3.63, 3.8) is 0 Å². The van der Waals surface area contributed by atoms with Gasteiger partial charge in [-0.3, -0.25) is 9.59 Å². The van der Waals surface area contributed by atoms with E-state index in [1.165, 1.54) is 7.11 Å². The van der Waals surface area contributed by atoms with Crippen molar-refractivity contribution in [3.05, 3.63) is 30.2 Å². The molecule has 6 rings (SSSR count). The number of furan rings is 1. The third-order valence-electron chi connectivity index (χ3n) is 6.57. The Kier molecular flexibility index (Phi) is 3.51. The van der Waals surface area contributed by atoms with Gasteiger partial charge >= 0.3 is 5.97 Å². The van der Waals surface area contributed by atoms with Gasteiger partial charge in [-0.25, -0.2) is 0 Å². The maximum absolute atomic E-state index is 12.9. The molecule has 4 atom stereocenters. The summed E-state index contributed by atoms with van der Waals surface area (Å²) in [5.41, 5.74) is -0.585. The van der Waals surface area contributed by atoms with Crippen molar-refractivity contribution in [1.29, 1.82) is 0 Å². The molecule has 4 aliphatic rings. The molecule has 1 amide bonds. The van der Waals surface area contributed by atoms with Gasteiger partial charge in [-0.05, 0) is 62.5 Å². The zero-order chi connectivity index (χ0) is 18.6. The first-order chi connectivity index (χ1) is 13.0. The summed E-state index contributed by atoms with van der Waals surface area (Å²) in [6.07, 6.45) is 6.91. The summed E-state index contributed by atoms with van der Waals surface area (Å²) >= 11 is 0. The number of methoxy groups -OCH3 is 1. The normalized spacial score (nSPS) is 33.8. The molecule has 0 aromatic carbocycles. The van der Waals surface area contributed by atoms with E-state index in [9.17, 15) is 9.59 Å². The summed E-state index contributed by atoms with van der Waals surface area (Å²) < 4.78 is 15.7. The molecule has 2 aromatic heterocycles. The molecule has 0 radical (unpaired) electrons. The van der Waals surface area contributed by atoms with Crippen LogP contribution < -0.4 is 5.32 Å². The fraction of sp³-hybridized carbons (Fsp3) is 0.550. The Morgan fingerprint density at radius 3 is 2.67 bits per heavy atom. The molecule has 7 nitrogen and oxygen atoms in total. The van der Waals surface area contributed by atoms with E-state index in [-0.39, 0.29) is 23.1 Å². The molecule has 4 fully saturated rings. The minimum absolute atomic E-state index is 0.128. The quantitative estimate of drug-likeness (QED) is 0.831. The second-order valence-corrected chi connectivity index (χ2v) is 8.52. The molecule has 4 aliphatic carbocycles. The van der Waals surface area contributed by atoms with E-state index in [1.54, 1.807) is 24.5 Å². The maximum atomic E-state index is 12.9. The second-order valence-electron chi connectivity index (χ2n) is 8.52. The van der Waals surface area contributed by atoms with Crippen LogP contribution in [0.4, 0.5) is 0 Å². The lowest BCUT2D eigenvalue weighted by molar-refractivity contribution is -0.171. The van der Waals surface area contributed by atoms with Crippen LogP contribution in [-0.4, -0.2) is 29.7 Å². The maximum Gasteiger partial charge on any atom is 0.311 e. The first kappa shape index (κ1) is 16.6. The summed E-state index contributed by atoms with van der Waals surface area (Å²) in [5, 5.41) is 7.10. The third kappa shape index (κ3) is 2.59. The van der Waals surface area contributed by atoms with Gasteiger partial charge in [0.15, 0.2) is 11.5 Å². The standard InChI is InChI=1S/C20H22N2O5/c1-25-18(24)19-7-12-5-13(8-19)10-20(9-12,11-19)21-17(23)14-6-16(27-22-14)15-3-2-4-26-15/h2-4,6,12-13H,5,7-11H2,1H3,(H,21,23)/t12-,13+,19?,20?. The summed E-state index contributed by atoms with van der Waals surface area (Å²) in [4.78, 5) is 25.4. The van der Waals surface area contributed by atoms with E-state index in [2.05, 4.69) is 10.5 Å². The van der Waals surface area contributed by atoms with Gasteiger partial charge in [0.1, 0.15) is 0 Å². The molecule has 27 heavy (non-hydrogen) atoms. The second kappa shape index (κ2) is 5.71. The first-order valence-corrected chi connectivity index (χ1v) is 9.42. The molecule has 4 saturated carbocycles. The van der Waals surface area contributed by atoms with E-state index in [1.807, 2.05) is 0 Å². The molecule has 2 heterocycles. The van der Waals surface area contributed by atoms with Crippen molar-refractivity contribution < 1.29 is 23.3 Å². The highest BCUT2D eigenvalue weighted by atomic mass is 16.5. The van der Waals surface area contributed by atoms with Gasteiger partial charge in [-0.2, -0.15) is 0 Å². The molecular formula is C20H22N2O5. The minimum Gasteiger partial charge on any atom is -0.469 e. The summed E-state index contributed by atoms with van der Waals surface area (Å²) in [7, 11) is 1.46. The third-order valence-corrected chi connectivity index (χ3v) is 6.57. The van der Waals surface area contributed by atoms with Crippen molar-refractivity contribution in [2.75, 3.05) is 7.11 Å². The van der Waals surface area contributed by atoms with Crippen molar-refractivity contribution in [2.45, 2.75) is 44.1 Å². The monoisotopic (exact) mass is 370 g/mol. The number of carbonyl (C=O) groups excluding carboxylic acids is 2. The zero-order valence-corrected chi connectivity index (χ0v) is 15.2. The van der Waals surface area contributed by atoms with Crippen LogP contribution in [0, 0.1) is 17.3 Å². The molecule has 0 spiro atoms. The molecule has 142 valence electrons. The smallest absolute Gasteiger partial charge is 0.311 e. The van der Waals surface area contributed by atoms with Crippen molar-refractivity contribution in [3.8, 4) is 11.5 Å². The highest BCUT2D eigenvalue weighted by molar-refractivity contribution is 5.93. The lowest BCUT2D eigenvalue weighted by atomic mass is 9.47. The van der Waals surface area contributed by atoms with E-state index >= 15 is 0 Å². The van der Waals surface area contributed by atoms with Gasteiger partial charge in [0.05, 0.1) is 18.8 Å². The van der Waals surface area contributed by atoms with Gasteiger partial charge in [0.2, 0.25) is 5.76 Å². The van der Waals surface area contributed by atoms with E-state index in [0.717, 1.165) is 32.1 Å². The van der Waals surface area contributed by atoms with Gasteiger partial charge in [0.25, 0.3) is 5.91 Å². The lowest BCUT2D eigenvalue weighted by Gasteiger charge is -2.60. The van der Waals surface area contributed by atoms with Crippen molar-refractivity contribution in [1.82, 2.24) is 10.5 Å². The lowest BCUT2D eigenvalue weighted by Crippen LogP contribution is -2.64. The van der Waals surface area contributed by atoms with Crippen LogP contribution in [0.5, 0.6) is 0 Å². The van der Waals surface area contributed by atoms with Crippen LogP contribution in [0.1, 0.15) is 49.0 Å². The number of esters is 1. The highest BCUT2D eigenvalue weighted by Crippen LogP contribution is 2.62. The van der Waals surface area contributed by atoms with Gasteiger partial charge in [-0.15, -0.1) is 0 Å². The molecule has 4 bridgehead atoms. The number of carbonyl (C=O) groups is 2. The fourth-order valence-corrected chi connectivity index (χ4v) is 6.09. The van der Waals surface area contributed by atoms with Gasteiger partial charge in [0, 0.05) is 11.6 Å². The number of hydrogen-bond donors (Lipinski definition) is 1. The first-order valence-electron chi connectivity index (χ1n) is 9.42. The molecule has 0 saturated heterocycles. The topological polar surface area (TPSA) is 94.6 Å². The summed E-state index contributed by atoms with van der Waals surface area (Å²) in [5.74, 6) is 1.47. The van der Waals surface area contributed by atoms with Gasteiger partial charge < -0.3 is 19.0 Å². The Hall–Kier alpha value is -2.57. The molecular weight excluding hydrogens is 348 g/mol. The average molecular weight is 370 g/mol. The fourth-order valence-electron chi connectivity index (χ4n) is 6.09. The molecule has 2 aromatic rings. The Morgan fingerprint density at radius 2 is 2.00 bits per heavy atom. The van der Waals surface area contributed by atoms with Crippen LogP contribution in [0.3, 0.4) is 0 Å². The number of nitrogens with zero attached hydrogens (tertiary/aromatic N) is 1. The van der Waals surface area contributed by atoms with Crippen LogP contribution in [-0.2, 0) is 9.53 Å². The Balaban J connectivity index is 1.39. The van der Waals surface area contributed by atoms with Crippen molar-refractivity contribution in [2.24, 2.45) is 17.3 Å². The predicted octanol–water partition coefficient (Wildman–Crippen LogP) is 3.18. The highest BCUT2D eigenvalue weighted by Gasteiger charge is 2.61. The van der Waals surface area contributed by atoms with E-state index in [0.29, 0.717) is 29.8 Å². The number of ether oxygens (including phenoxy) is 1. The SMILES string of the molecule is COC(=O)C12C[C@@H]3C[C@@H](CC(NC(=O)c4cc(-c5ccco5)on4)(C3)C1)C2. The number of hydrogen-bond acceptors (Lipinski definition) is 6. The summed E-state index contributed by atoms with van der Waals surface area (Å²) in [6, 6.07) is 5.09. The molecule has 0 aliphatic heterocycles. The van der Waals surface area contributed by atoms with Crippen LogP contribution >= 0.6 is 0 Å². The Bertz CT molecular complexity index is 870. The number of amides is 1. The summed E-state index contributed by atoms with van der Waals surface area (Å²) in [6.45, 7) is 0. The molecule has 2 unspecified atom stereocenters. The van der Waals surface area contributed by atoms with Crippen LogP contribution in [0.15, 0.2) is 33.4 Å². The molecule has 7 heteroatoms. The number of aromatic nitrogens is 1. The largest absolute Gasteiger partial charge is 0.469 e. The Morgan fingerprint density at radius 1 is 1.22 bits per heavy atom. The van der Waals surface area contributed by atoms with E-state index < -0.39 is 5.41 Å². The predicted molar refractivity (Wildman–Crippen MR) is 93.5 cm³/mol. The van der Waals surface area contributed by atoms with Gasteiger partial charge in [-0.1, -0.05) is 5.16 Å². The number of nitrogens with one attached hydrogen (secondary N) is 1. The van der Waals surface area contributed by atoms with Crippen LogP contribution in [0.25, 0.3) is 11.5 Å². The van der Waals surface area contributed by atoms with Crippen molar-refractivity contribution >= 4 is 11.9 Å².